The largest absolute Gasteiger partial charge is 0.310 e. The summed E-state index contributed by atoms with van der Waals surface area (Å²) in [6, 6.07) is 29.1. The van der Waals surface area contributed by atoms with E-state index in [2.05, 4.69) is 92.5 Å². The molecule has 2 nitrogen and oxygen atoms in total. The number of nitrogens with zero attached hydrogens (tertiary/aromatic N) is 2. The summed E-state index contributed by atoms with van der Waals surface area (Å²) in [6.07, 6.45) is 1.83. The molecule has 0 amide bonds. The third-order valence-corrected chi connectivity index (χ3v) is 4.61. The minimum atomic E-state index is 0.965. The lowest BCUT2D eigenvalue weighted by molar-refractivity contribution is 1.29. The van der Waals surface area contributed by atoms with Crippen LogP contribution in [0.2, 0.25) is 0 Å². The molecule has 0 atom stereocenters. The summed E-state index contributed by atoms with van der Waals surface area (Å²) in [6.45, 7) is 0. The highest BCUT2D eigenvalue weighted by molar-refractivity contribution is 9.10. The van der Waals surface area contributed by atoms with Crippen LogP contribution in [0.25, 0.3) is 10.9 Å². The van der Waals surface area contributed by atoms with E-state index in [1.54, 1.807) is 0 Å². The quantitative estimate of drug-likeness (QED) is 0.408. The van der Waals surface area contributed by atoms with Crippen molar-refractivity contribution in [3.8, 4) is 0 Å². The number of fused-ring (bicyclic) bond motifs is 1. The first-order chi connectivity index (χ1) is 11.8. The lowest BCUT2D eigenvalue weighted by Gasteiger charge is -2.26. The van der Waals surface area contributed by atoms with Gasteiger partial charge in [-0.1, -0.05) is 36.4 Å². The number of hydrogen-bond acceptors (Lipinski definition) is 2. The van der Waals surface area contributed by atoms with Gasteiger partial charge in [0, 0.05) is 27.4 Å². The van der Waals surface area contributed by atoms with E-state index in [9.17, 15) is 0 Å². The molecule has 0 aliphatic carbocycles. The molecule has 4 aromatic rings. The SMILES string of the molecule is Brc1ccc(N(c2ccccc2)c2ccccc2)c2cccnc12. The molecular weight excluding hydrogens is 360 g/mol. The number of hydrogen-bond donors (Lipinski definition) is 0. The van der Waals surface area contributed by atoms with E-state index in [4.69, 9.17) is 0 Å². The van der Waals surface area contributed by atoms with Crippen LogP contribution in [0.15, 0.2) is 95.6 Å². The van der Waals surface area contributed by atoms with Crippen LogP contribution < -0.4 is 4.90 Å². The Bertz CT molecular complexity index is 929. The Morgan fingerprint density at radius 1 is 0.667 bits per heavy atom. The van der Waals surface area contributed by atoms with Gasteiger partial charge in [0.15, 0.2) is 0 Å². The van der Waals surface area contributed by atoms with Crippen LogP contribution in [0, 0.1) is 0 Å². The van der Waals surface area contributed by atoms with Crippen molar-refractivity contribution < 1.29 is 0 Å². The van der Waals surface area contributed by atoms with Crippen LogP contribution >= 0.6 is 15.9 Å². The number of anilines is 3. The number of aromatic nitrogens is 1. The summed E-state index contributed by atoms with van der Waals surface area (Å²) in [5.74, 6) is 0. The first-order valence-corrected chi connectivity index (χ1v) is 8.57. The van der Waals surface area contributed by atoms with Crippen molar-refractivity contribution in [2.75, 3.05) is 4.90 Å². The van der Waals surface area contributed by atoms with Gasteiger partial charge in [0.1, 0.15) is 0 Å². The van der Waals surface area contributed by atoms with Crippen molar-refractivity contribution in [3.05, 3.63) is 95.6 Å². The van der Waals surface area contributed by atoms with E-state index in [0.29, 0.717) is 0 Å². The predicted octanol–water partition coefficient (Wildman–Crippen LogP) is 6.47. The highest BCUT2D eigenvalue weighted by Gasteiger charge is 2.15. The zero-order valence-electron chi connectivity index (χ0n) is 12.9. The van der Waals surface area contributed by atoms with Gasteiger partial charge in [-0.05, 0) is 64.5 Å². The van der Waals surface area contributed by atoms with Crippen LogP contribution in [-0.2, 0) is 0 Å². The molecule has 3 aromatic carbocycles. The van der Waals surface area contributed by atoms with Crippen LogP contribution in [-0.4, -0.2) is 4.98 Å². The maximum absolute atomic E-state index is 4.54. The van der Waals surface area contributed by atoms with Gasteiger partial charge in [-0.25, -0.2) is 0 Å². The molecule has 1 aromatic heterocycles. The minimum absolute atomic E-state index is 0.965. The molecule has 24 heavy (non-hydrogen) atoms. The average Bonchev–Trinajstić information content (AvgIpc) is 2.66. The fraction of sp³-hybridized carbons (Fsp3) is 0. The van der Waals surface area contributed by atoms with E-state index >= 15 is 0 Å². The molecule has 0 bridgehead atoms. The number of pyridine rings is 1. The monoisotopic (exact) mass is 374 g/mol. The number of para-hydroxylation sites is 2. The Morgan fingerprint density at radius 2 is 1.29 bits per heavy atom. The predicted molar refractivity (Wildman–Crippen MR) is 104 cm³/mol. The standard InChI is InChI=1S/C21H15BrN2/c22-19-13-14-20(18-12-7-15-23-21(18)19)24(16-8-3-1-4-9-16)17-10-5-2-6-11-17/h1-15H. The van der Waals surface area contributed by atoms with Crippen LogP contribution in [0.4, 0.5) is 17.1 Å². The van der Waals surface area contributed by atoms with Crippen LogP contribution in [0.5, 0.6) is 0 Å². The molecule has 0 aliphatic heterocycles. The summed E-state index contributed by atoms with van der Waals surface area (Å²) in [5, 5.41) is 1.11. The molecule has 0 aliphatic rings. The van der Waals surface area contributed by atoms with Crippen molar-refractivity contribution >= 4 is 43.9 Å². The molecule has 0 radical (unpaired) electrons. The molecule has 0 saturated heterocycles. The maximum atomic E-state index is 4.54. The molecule has 4 rings (SSSR count). The lowest BCUT2D eigenvalue weighted by Crippen LogP contribution is -2.10. The zero-order chi connectivity index (χ0) is 16.4. The zero-order valence-corrected chi connectivity index (χ0v) is 14.5. The summed E-state index contributed by atoms with van der Waals surface area (Å²) in [4.78, 5) is 6.80. The summed E-state index contributed by atoms with van der Waals surface area (Å²) in [5.41, 5.74) is 4.32. The lowest BCUT2D eigenvalue weighted by atomic mass is 10.1. The van der Waals surface area contributed by atoms with Crippen LogP contribution in [0.1, 0.15) is 0 Å². The Hall–Kier alpha value is -2.65. The third kappa shape index (κ3) is 2.68. The van der Waals surface area contributed by atoms with Crippen molar-refractivity contribution in [2.45, 2.75) is 0 Å². The maximum Gasteiger partial charge on any atom is 0.0864 e. The van der Waals surface area contributed by atoms with Crippen molar-refractivity contribution in [2.24, 2.45) is 0 Å². The number of rotatable bonds is 3. The second-order valence-corrected chi connectivity index (χ2v) is 6.33. The summed E-state index contributed by atoms with van der Waals surface area (Å²) >= 11 is 3.61. The first kappa shape index (κ1) is 14.9. The van der Waals surface area contributed by atoms with Gasteiger partial charge in [-0.3, -0.25) is 4.98 Å². The normalized spacial score (nSPS) is 10.7. The second kappa shape index (κ2) is 6.46. The molecular formula is C21H15BrN2. The first-order valence-electron chi connectivity index (χ1n) is 7.78. The second-order valence-electron chi connectivity index (χ2n) is 5.47. The van der Waals surface area contributed by atoms with E-state index in [0.717, 1.165) is 32.4 Å². The molecule has 0 unspecified atom stereocenters. The van der Waals surface area contributed by atoms with Gasteiger partial charge in [-0.2, -0.15) is 0 Å². The van der Waals surface area contributed by atoms with Crippen molar-refractivity contribution in [1.82, 2.24) is 4.98 Å². The van der Waals surface area contributed by atoms with Crippen LogP contribution in [0.3, 0.4) is 0 Å². The molecule has 0 spiro atoms. The van der Waals surface area contributed by atoms with E-state index in [-0.39, 0.29) is 0 Å². The van der Waals surface area contributed by atoms with Gasteiger partial charge >= 0.3 is 0 Å². The Balaban J connectivity index is 2.00. The molecule has 0 fully saturated rings. The van der Waals surface area contributed by atoms with Gasteiger partial charge < -0.3 is 4.90 Å². The smallest absolute Gasteiger partial charge is 0.0864 e. The third-order valence-electron chi connectivity index (χ3n) is 3.97. The van der Waals surface area contributed by atoms with Crippen molar-refractivity contribution in [1.29, 1.82) is 0 Å². The summed E-state index contributed by atoms with van der Waals surface area (Å²) in [7, 11) is 0. The molecule has 3 heteroatoms. The highest BCUT2D eigenvalue weighted by Crippen LogP contribution is 2.39. The number of benzene rings is 3. The average molecular weight is 375 g/mol. The van der Waals surface area contributed by atoms with Gasteiger partial charge in [0.25, 0.3) is 0 Å². The molecule has 0 N–H and O–H groups in total. The Labute approximate surface area is 149 Å². The van der Waals surface area contributed by atoms with Gasteiger partial charge in [0.05, 0.1) is 11.2 Å². The number of halogens is 1. The Morgan fingerprint density at radius 3 is 1.92 bits per heavy atom. The molecule has 0 saturated carbocycles. The molecule has 1 heterocycles. The summed E-state index contributed by atoms with van der Waals surface area (Å²) < 4.78 is 1.00. The van der Waals surface area contributed by atoms with E-state index < -0.39 is 0 Å². The Kier molecular flexibility index (Phi) is 4.01. The van der Waals surface area contributed by atoms with Crippen molar-refractivity contribution in [3.63, 3.8) is 0 Å². The minimum Gasteiger partial charge on any atom is -0.310 e. The fourth-order valence-electron chi connectivity index (χ4n) is 2.90. The van der Waals surface area contributed by atoms with E-state index in [1.165, 1.54) is 0 Å². The van der Waals surface area contributed by atoms with E-state index in [1.807, 2.05) is 24.4 Å². The topological polar surface area (TPSA) is 16.1 Å². The molecule has 116 valence electrons. The van der Waals surface area contributed by atoms with Gasteiger partial charge in [0.2, 0.25) is 0 Å². The fourth-order valence-corrected chi connectivity index (χ4v) is 3.35. The highest BCUT2D eigenvalue weighted by atomic mass is 79.9. The van der Waals surface area contributed by atoms with Gasteiger partial charge in [-0.15, -0.1) is 0 Å².